The highest BCUT2D eigenvalue weighted by atomic mass is 16.4. The van der Waals surface area contributed by atoms with Crippen molar-refractivity contribution in [2.45, 2.75) is 32.1 Å². The summed E-state index contributed by atoms with van der Waals surface area (Å²) in [5, 5.41) is 19.1. The number of carboxylic acid groups (broad SMARTS) is 1. The number of carboxylic acids is 1. The van der Waals surface area contributed by atoms with E-state index in [1.165, 1.54) is 0 Å². The summed E-state index contributed by atoms with van der Waals surface area (Å²) in [6.07, 6.45) is 1.36. The van der Waals surface area contributed by atoms with Crippen LogP contribution in [0.5, 0.6) is 5.75 Å². The number of phenolic OH excluding ortho intramolecular Hbond substituents is 1. The van der Waals surface area contributed by atoms with Crippen molar-refractivity contribution in [1.82, 2.24) is 0 Å². The summed E-state index contributed by atoms with van der Waals surface area (Å²) in [6.45, 7) is 3.78. The monoisotopic (exact) mass is 220 g/mol. The zero-order valence-corrected chi connectivity index (χ0v) is 9.53. The Hall–Kier alpha value is -1.51. The fourth-order valence-corrected chi connectivity index (χ4v) is 2.81. The zero-order valence-electron chi connectivity index (χ0n) is 9.53. The summed E-state index contributed by atoms with van der Waals surface area (Å²) in [7, 11) is 0. The van der Waals surface area contributed by atoms with Gasteiger partial charge in [0.15, 0.2) is 0 Å². The van der Waals surface area contributed by atoms with Crippen molar-refractivity contribution in [3.05, 3.63) is 29.3 Å². The molecule has 0 saturated heterocycles. The van der Waals surface area contributed by atoms with Gasteiger partial charge in [-0.05, 0) is 24.5 Å². The molecule has 1 aliphatic rings. The molecule has 3 heteroatoms. The Balaban J connectivity index is 2.57. The van der Waals surface area contributed by atoms with Crippen LogP contribution >= 0.6 is 0 Å². The maximum absolute atomic E-state index is 11.2. The molecule has 0 aromatic heterocycles. The van der Waals surface area contributed by atoms with E-state index >= 15 is 0 Å². The summed E-state index contributed by atoms with van der Waals surface area (Å²) in [5.41, 5.74) is 1.36. The van der Waals surface area contributed by atoms with Crippen LogP contribution in [-0.2, 0) is 16.6 Å². The predicted octanol–water partition coefficient (Wildman–Crippen LogP) is 2.32. The highest BCUT2D eigenvalue weighted by Crippen LogP contribution is 2.45. The number of phenols is 1. The lowest BCUT2D eigenvalue weighted by Crippen LogP contribution is -2.39. The number of aliphatic carboxylic acids is 1. The Kier molecular flexibility index (Phi) is 2.41. The zero-order chi connectivity index (χ0) is 11.9. The van der Waals surface area contributed by atoms with Crippen molar-refractivity contribution in [1.29, 1.82) is 0 Å². The van der Waals surface area contributed by atoms with Gasteiger partial charge < -0.3 is 10.2 Å². The van der Waals surface area contributed by atoms with E-state index in [1.54, 1.807) is 6.07 Å². The number of hydrogen-bond donors (Lipinski definition) is 2. The van der Waals surface area contributed by atoms with Crippen molar-refractivity contribution in [3.63, 3.8) is 0 Å². The second-order valence-electron chi connectivity index (χ2n) is 4.96. The number of rotatable bonds is 1. The molecule has 0 amide bonds. The molecule has 1 aliphatic carbocycles. The molecule has 3 nitrogen and oxygen atoms in total. The van der Waals surface area contributed by atoms with E-state index in [0.717, 1.165) is 17.5 Å². The van der Waals surface area contributed by atoms with Gasteiger partial charge in [0, 0.05) is 11.0 Å². The van der Waals surface area contributed by atoms with Gasteiger partial charge in [0.2, 0.25) is 0 Å². The fraction of sp³-hybridized carbons (Fsp3) is 0.462. The van der Waals surface area contributed by atoms with E-state index in [-0.39, 0.29) is 5.75 Å². The van der Waals surface area contributed by atoms with Crippen molar-refractivity contribution in [3.8, 4) is 5.75 Å². The van der Waals surface area contributed by atoms with Crippen molar-refractivity contribution < 1.29 is 15.0 Å². The van der Waals surface area contributed by atoms with E-state index < -0.39 is 17.3 Å². The van der Waals surface area contributed by atoms with Gasteiger partial charge in [0.25, 0.3) is 0 Å². The van der Waals surface area contributed by atoms with Gasteiger partial charge >= 0.3 is 5.97 Å². The lowest BCUT2D eigenvalue weighted by molar-refractivity contribution is -0.144. The SMILES string of the molecule is CC1(C)c2c(O)cccc2CCC1C(=O)O. The van der Waals surface area contributed by atoms with Crippen LogP contribution in [-0.4, -0.2) is 16.2 Å². The Morgan fingerprint density at radius 3 is 2.75 bits per heavy atom. The topological polar surface area (TPSA) is 57.5 Å². The molecule has 0 aliphatic heterocycles. The lowest BCUT2D eigenvalue weighted by atomic mass is 9.65. The summed E-state index contributed by atoms with van der Waals surface area (Å²) < 4.78 is 0. The number of aryl methyl sites for hydroxylation is 1. The number of carbonyl (C=O) groups is 1. The predicted molar refractivity (Wildman–Crippen MR) is 60.6 cm³/mol. The Morgan fingerprint density at radius 1 is 1.44 bits per heavy atom. The molecule has 0 saturated carbocycles. The van der Waals surface area contributed by atoms with Crippen molar-refractivity contribution in [2.75, 3.05) is 0 Å². The Morgan fingerprint density at radius 2 is 2.12 bits per heavy atom. The lowest BCUT2D eigenvalue weighted by Gasteiger charge is -2.38. The molecule has 1 atom stereocenters. The molecular weight excluding hydrogens is 204 g/mol. The molecule has 2 N–H and O–H groups in total. The Bertz CT molecular complexity index is 435. The van der Waals surface area contributed by atoms with Crippen LogP contribution in [0.4, 0.5) is 0 Å². The average molecular weight is 220 g/mol. The van der Waals surface area contributed by atoms with Gasteiger partial charge in [-0.1, -0.05) is 26.0 Å². The number of benzene rings is 1. The second kappa shape index (κ2) is 3.51. The Labute approximate surface area is 94.7 Å². The first kappa shape index (κ1) is 11.0. The molecule has 1 aromatic carbocycles. The molecule has 86 valence electrons. The summed E-state index contributed by atoms with van der Waals surface area (Å²) in [4.78, 5) is 11.2. The molecule has 0 spiro atoms. The van der Waals surface area contributed by atoms with Gasteiger partial charge in [0.1, 0.15) is 5.75 Å². The maximum atomic E-state index is 11.2. The van der Waals surface area contributed by atoms with Gasteiger partial charge in [-0.25, -0.2) is 0 Å². The minimum absolute atomic E-state index is 0.216. The van der Waals surface area contributed by atoms with Crippen LogP contribution in [0.2, 0.25) is 0 Å². The van der Waals surface area contributed by atoms with Gasteiger partial charge in [-0.2, -0.15) is 0 Å². The van der Waals surface area contributed by atoms with Gasteiger partial charge in [0.05, 0.1) is 5.92 Å². The van der Waals surface area contributed by atoms with Crippen LogP contribution < -0.4 is 0 Å². The molecule has 2 rings (SSSR count). The van der Waals surface area contributed by atoms with E-state index in [0.29, 0.717) is 6.42 Å². The first-order valence-corrected chi connectivity index (χ1v) is 5.48. The normalized spacial score (nSPS) is 22.5. The van der Waals surface area contributed by atoms with E-state index in [4.69, 9.17) is 0 Å². The van der Waals surface area contributed by atoms with Crippen LogP contribution in [0.1, 0.15) is 31.4 Å². The quantitative estimate of drug-likeness (QED) is 0.763. The van der Waals surface area contributed by atoms with Crippen LogP contribution in [0.15, 0.2) is 18.2 Å². The molecule has 16 heavy (non-hydrogen) atoms. The smallest absolute Gasteiger partial charge is 0.307 e. The maximum Gasteiger partial charge on any atom is 0.307 e. The first-order valence-electron chi connectivity index (χ1n) is 5.48. The van der Waals surface area contributed by atoms with Gasteiger partial charge in [-0.3, -0.25) is 4.79 Å². The van der Waals surface area contributed by atoms with Crippen molar-refractivity contribution in [2.24, 2.45) is 5.92 Å². The molecule has 0 heterocycles. The highest BCUT2D eigenvalue weighted by molar-refractivity contribution is 5.73. The third kappa shape index (κ3) is 1.47. The third-order valence-electron chi connectivity index (χ3n) is 3.64. The summed E-state index contributed by atoms with van der Waals surface area (Å²) in [6, 6.07) is 5.41. The summed E-state index contributed by atoms with van der Waals surface area (Å²) >= 11 is 0. The molecule has 0 fully saturated rings. The molecule has 0 bridgehead atoms. The average Bonchev–Trinajstić information content (AvgIpc) is 2.15. The minimum Gasteiger partial charge on any atom is -0.508 e. The van der Waals surface area contributed by atoms with E-state index in [2.05, 4.69) is 0 Å². The number of hydrogen-bond acceptors (Lipinski definition) is 2. The summed E-state index contributed by atoms with van der Waals surface area (Å²) in [5.74, 6) is -0.986. The standard InChI is InChI=1S/C13H16O3/c1-13(2)9(12(15)16)7-6-8-4-3-5-10(14)11(8)13/h3-5,9,14H,6-7H2,1-2H3,(H,15,16). The number of fused-ring (bicyclic) bond motifs is 1. The second-order valence-corrected chi connectivity index (χ2v) is 4.96. The fourth-order valence-electron chi connectivity index (χ4n) is 2.81. The molecule has 1 aromatic rings. The minimum atomic E-state index is -0.779. The molecular formula is C13H16O3. The highest BCUT2D eigenvalue weighted by Gasteiger charge is 2.42. The van der Waals surface area contributed by atoms with Crippen molar-refractivity contribution >= 4 is 5.97 Å². The third-order valence-corrected chi connectivity index (χ3v) is 3.64. The van der Waals surface area contributed by atoms with E-state index in [1.807, 2.05) is 26.0 Å². The van der Waals surface area contributed by atoms with Gasteiger partial charge in [-0.15, -0.1) is 0 Å². The first-order chi connectivity index (χ1) is 7.44. The molecule has 1 unspecified atom stereocenters. The van der Waals surface area contributed by atoms with E-state index in [9.17, 15) is 15.0 Å². The van der Waals surface area contributed by atoms with Crippen LogP contribution in [0.25, 0.3) is 0 Å². The molecule has 0 radical (unpaired) electrons. The largest absolute Gasteiger partial charge is 0.508 e. The van der Waals surface area contributed by atoms with Crippen LogP contribution in [0.3, 0.4) is 0 Å². The van der Waals surface area contributed by atoms with Crippen LogP contribution in [0, 0.1) is 5.92 Å². The number of aromatic hydroxyl groups is 1.